The summed E-state index contributed by atoms with van der Waals surface area (Å²) in [5.74, 6) is 0.356. The minimum absolute atomic E-state index is 0.0451. The van der Waals surface area contributed by atoms with E-state index in [0.717, 1.165) is 19.4 Å². The minimum Gasteiger partial charge on any atom is -0.381 e. The van der Waals surface area contributed by atoms with E-state index >= 15 is 0 Å². The van der Waals surface area contributed by atoms with Gasteiger partial charge in [0.1, 0.15) is 4.60 Å². The van der Waals surface area contributed by atoms with Gasteiger partial charge in [-0.15, -0.1) is 0 Å². The normalized spacial score (nSPS) is 20.4. The van der Waals surface area contributed by atoms with Crippen LogP contribution < -0.4 is 5.32 Å². The second-order valence-corrected chi connectivity index (χ2v) is 4.44. The molecule has 2 heterocycles. The molecule has 1 unspecified atom stereocenters. The highest BCUT2D eigenvalue weighted by atomic mass is 79.9. The third-order valence-corrected chi connectivity index (χ3v) is 2.81. The van der Waals surface area contributed by atoms with Crippen LogP contribution in [0.2, 0.25) is 0 Å². The van der Waals surface area contributed by atoms with Gasteiger partial charge in [0.2, 0.25) is 5.91 Å². The van der Waals surface area contributed by atoms with Crippen LogP contribution in [-0.2, 0) is 9.53 Å². The fraction of sp³-hybridized carbons (Fsp3) is 0.500. The number of anilines is 1. The summed E-state index contributed by atoms with van der Waals surface area (Å²) >= 11 is 3.18. The van der Waals surface area contributed by atoms with Gasteiger partial charge in [-0.3, -0.25) is 4.79 Å². The molecule has 1 aliphatic rings. The van der Waals surface area contributed by atoms with Crippen molar-refractivity contribution in [3.8, 4) is 0 Å². The Balaban J connectivity index is 1.93. The third-order valence-electron chi connectivity index (χ3n) is 2.40. The van der Waals surface area contributed by atoms with Crippen molar-refractivity contribution in [1.29, 1.82) is 0 Å². The summed E-state index contributed by atoms with van der Waals surface area (Å²) in [6.07, 6.45) is 4.87. The number of hydrogen-bond acceptors (Lipinski definition) is 4. The lowest BCUT2D eigenvalue weighted by Crippen LogP contribution is -2.30. The van der Waals surface area contributed by atoms with E-state index in [4.69, 9.17) is 4.74 Å². The molecular formula is C10H12BrN3O2. The molecule has 0 saturated carbocycles. The Morgan fingerprint density at radius 2 is 2.38 bits per heavy atom. The summed E-state index contributed by atoms with van der Waals surface area (Å²) in [5.41, 5.74) is 0. The topological polar surface area (TPSA) is 64.1 Å². The lowest BCUT2D eigenvalue weighted by atomic mass is 10.0. The van der Waals surface area contributed by atoms with Crippen LogP contribution in [0.3, 0.4) is 0 Å². The predicted octanol–water partition coefficient (Wildman–Crippen LogP) is 1.60. The quantitative estimate of drug-likeness (QED) is 0.897. The van der Waals surface area contributed by atoms with Gasteiger partial charge in [0.25, 0.3) is 0 Å². The van der Waals surface area contributed by atoms with Crippen LogP contribution in [0.4, 0.5) is 5.82 Å². The maximum Gasteiger partial charge on any atom is 0.231 e. The number of halogens is 1. The lowest BCUT2D eigenvalue weighted by molar-refractivity contribution is -0.123. The number of carbonyl (C=O) groups excluding carboxylic acids is 1. The Morgan fingerprint density at radius 1 is 1.50 bits per heavy atom. The first-order valence-electron chi connectivity index (χ1n) is 5.12. The summed E-state index contributed by atoms with van der Waals surface area (Å²) in [7, 11) is 0. The Bertz CT molecular complexity index is 363. The molecule has 1 saturated heterocycles. The Hall–Kier alpha value is -1.01. The van der Waals surface area contributed by atoms with Crippen molar-refractivity contribution in [3.63, 3.8) is 0 Å². The van der Waals surface area contributed by atoms with Gasteiger partial charge < -0.3 is 10.1 Å². The van der Waals surface area contributed by atoms with E-state index in [1.54, 1.807) is 6.20 Å². The monoisotopic (exact) mass is 285 g/mol. The molecule has 86 valence electrons. The molecule has 1 aromatic rings. The van der Waals surface area contributed by atoms with Gasteiger partial charge in [-0.05, 0) is 28.8 Å². The molecule has 0 bridgehead atoms. The van der Waals surface area contributed by atoms with Crippen molar-refractivity contribution in [2.45, 2.75) is 12.8 Å². The van der Waals surface area contributed by atoms with E-state index in [2.05, 4.69) is 31.2 Å². The fourth-order valence-corrected chi connectivity index (χ4v) is 1.76. The Labute approximate surface area is 102 Å². The van der Waals surface area contributed by atoms with Crippen LogP contribution in [0, 0.1) is 5.92 Å². The molecule has 0 radical (unpaired) electrons. The van der Waals surface area contributed by atoms with Crippen LogP contribution in [0.1, 0.15) is 12.8 Å². The van der Waals surface area contributed by atoms with E-state index in [1.165, 1.54) is 6.20 Å². The number of nitrogens with one attached hydrogen (secondary N) is 1. The Kier molecular flexibility index (Phi) is 3.84. The molecular weight excluding hydrogens is 274 g/mol. The second kappa shape index (κ2) is 5.36. The highest BCUT2D eigenvalue weighted by Crippen LogP contribution is 2.15. The highest BCUT2D eigenvalue weighted by Gasteiger charge is 2.21. The number of hydrogen-bond donors (Lipinski definition) is 1. The molecule has 0 spiro atoms. The van der Waals surface area contributed by atoms with Crippen molar-refractivity contribution >= 4 is 27.7 Å². The van der Waals surface area contributed by atoms with Crippen molar-refractivity contribution in [2.75, 3.05) is 18.5 Å². The average Bonchev–Trinajstić information content (AvgIpc) is 2.33. The smallest absolute Gasteiger partial charge is 0.231 e. The van der Waals surface area contributed by atoms with Crippen LogP contribution in [0.25, 0.3) is 0 Å². The first-order valence-corrected chi connectivity index (χ1v) is 5.91. The van der Waals surface area contributed by atoms with E-state index in [1.807, 2.05) is 0 Å². The second-order valence-electron chi connectivity index (χ2n) is 3.63. The number of ether oxygens (including phenoxy) is 1. The predicted molar refractivity (Wildman–Crippen MR) is 61.9 cm³/mol. The van der Waals surface area contributed by atoms with Crippen molar-refractivity contribution in [3.05, 3.63) is 17.0 Å². The maximum absolute atomic E-state index is 11.8. The SMILES string of the molecule is O=C(Nc1cnc(Br)cn1)C1CCCOC1. The first-order chi connectivity index (χ1) is 7.75. The van der Waals surface area contributed by atoms with Gasteiger partial charge in [-0.1, -0.05) is 0 Å². The number of nitrogens with zero attached hydrogens (tertiary/aromatic N) is 2. The molecule has 0 aliphatic carbocycles. The van der Waals surface area contributed by atoms with Crippen molar-refractivity contribution < 1.29 is 9.53 Å². The number of rotatable bonds is 2. The summed E-state index contributed by atoms with van der Waals surface area (Å²) in [5, 5.41) is 2.73. The molecule has 2 rings (SSSR count). The van der Waals surface area contributed by atoms with Crippen LogP contribution >= 0.6 is 15.9 Å². The van der Waals surface area contributed by atoms with Gasteiger partial charge in [-0.2, -0.15) is 0 Å². The highest BCUT2D eigenvalue weighted by molar-refractivity contribution is 9.10. The summed E-state index contributed by atoms with van der Waals surface area (Å²) < 4.78 is 5.90. The number of amides is 1. The van der Waals surface area contributed by atoms with Crippen molar-refractivity contribution in [1.82, 2.24) is 9.97 Å². The molecule has 1 amide bonds. The molecule has 16 heavy (non-hydrogen) atoms. The van der Waals surface area contributed by atoms with E-state index in [0.29, 0.717) is 17.0 Å². The van der Waals surface area contributed by atoms with E-state index in [-0.39, 0.29) is 11.8 Å². The van der Waals surface area contributed by atoms with E-state index < -0.39 is 0 Å². The zero-order valence-corrected chi connectivity index (χ0v) is 10.2. The molecule has 1 N–H and O–H groups in total. The van der Waals surface area contributed by atoms with Crippen LogP contribution in [-0.4, -0.2) is 29.1 Å². The zero-order chi connectivity index (χ0) is 11.4. The molecule has 1 aliphatic heterocycles. The lowest BCUT2D eigenvalue weighted by Gasteiger charge is -2.20. The molecule has 1 atom stereocenters. The van der Waals surface area contributed by atoms with Crippen LogP contribution in [0.5, 0.6) is 0 Å². The minimum atomic E-state index is -0.0702. The maximum atomic E-state index is 11.8. The number of aromatic nitrogens is 2. The Morgan fingerprint density at radius 3 is 3.00 bits per heavy atom. The first kappa shape index (κ1) is 11.5. The molecule has 5 nitrogen and oxygen atoms in total. The molecule has 0 aromatic carbocycles. The summed E-state index contributed by atoms with van der Waals surface area (Å²) in [4.78, 5) is 19.8. The van der Waals surface area contributed by atoms with E-state index in [9.17, 15) is 4.79 Å². The van der Waals surface area contributed by atoms with Gasteiger partial charge in [0, 0.05) is 6.61 Å². The molecule has 1 fully saturated rings. The fourth-order valence-electron chi connectivity index (χ4n) is 1.55. The zero-order valence-electron chi connectivity index (χ0n) is 8.65. The van der Waals surface area contributed by atoms with Gasteiger partial charge in [0.15, 0.2) is 5.82 Å². The summed E-state index contributed by atoms with van der Waals surface area (Å²) in [6.45, 7) is 1.25. The van der Waals surface area contributed by atoms with Gasteiger partial charge in [-0.25, -0.2) is 9.97 Å². The average molecular weight is 286 g/mol. The third kappa shape index (κ3) is 2.99. The number of carbonyl (C=O) groups is 1. The van der Waals surface area contributed by atoms with Gasteiger partial charge >= 0.3 is 0 Å². The van der Waals surface area contributed by atoms with Crippen LogP contribution in [0.15, 0.2) is 17.0 Å². The standard InChI is InChI=1S/C10H12BrN3O2/c11-8-4-13-9(5-12-8)14-10(15)7-2-1-3-16-6-7/h4-5,7H,1-3,6H2,(H,13,14,15). The molecule has 1 aromatic heterocycles. The van der Waals surface area contributed by atoms with Gasteiger partial charge in [0.05, 0.1) is 24.9 Å². The van der Waals surface area contributed by atoms with Crippen molar-refractivity contribution in [2.24, 2.45) is 5.92 Å². The molecule has 6 heteroatoms. The summed E-state index contributed by atoms with van der Waals surface area (Å²) in [6, 6.07) is 0. The largest absolute Gasteiger partial charge is 0.381 e.